The molecule has 0 aromatic carbocycles. The van der Waals surface area contributed by atoms with Crippen molar-refractivity contribution in [1.29, 1.82) is 0 Å². The molecule has 0 unspecified atom stereocenters. The first kappa shape index (κ1) is 6.81. The summed E-state index contributed by atoms with van der Waals surface area (Å²) < 4.78 is 0. The van der Waals surface area contributed by atoms with Crippen LogP contribution in [0.3, 0.4) is 0 Å². The highest BCUT2D eigenvalue weighted by molar-refractivity contribution is 6.55. The topological polar surface area (TPSA) is 0 Å². The van der Waals surface area contributed by atoms with Gasteiger partial charge in [0.05, 0.1) is 0 Å². The van der Waals surface area contributed by atoms with Gasteiger partial charge >= 0.3 is 0 Å². The summed E-state index contributed by atoms with van der Waals surface area (Å²) in [5.74, 6) is 0.789. The van der Waals surface area contributed by atoms with Crippen LogP contribution in [0, 0.1) is 5.92 Å². The maximum Gasteiger partial charge on any atom is 0.0314 e. The molecule has 50 valence electrons. The molecule has 0 saturated heterocycles. The molecule has 0 aliphatic heterocycles. The van der Waals surface area contributed by atoms with Gasteiger partial charge in [-0.05, 0) is 5.92 Å². The lowest BCUT2D eigenvalue weighted by Crippen LogP contribution is -2.04. The summed E-state index contributed by atoms with van der Waals surface area (Å²) in [6.45, 7) is 4.81. The quantitative estimate of drug-likeness (QED) is 0.513. The first-order valence-electron chi connectivity index (χ1n) is 3.64. The number of allylic oxidation sites excluding steroid dienone is 4. The van der Waals surface area contributed by atoms with E-state index in [1.165, 1.54) is 6.04 Å². The van der Waals surface area contributed by atoms with E-state index >= 15 is 0 Å². The molecule has 0 aromatic rings. The van der Waals surface area contributed by atoms with E-state index in [1.54, 1.807) is 0 Å². The first-order valence-corrected chi connectivity index (χ1v) is 6.76. The van der Waals surface area contributed by atoms with Crippen molar-refractivity contribution in [2.24, 2.45) is 5.92 Å². The molecule has 0 fully saturated rings. The average Bonchev–Trinajstić information content (AvgIpc) is 2.15. The predicted molar refractivity (Wildman–Crippen MR) is 45.5 cm³/mol. The molecule has 0 saturated carbocycles. The Morgan fingerprint density at radius 1 is 1.22 bits per heavy atom. The lowest BCUT2D eigenvalue weighted by Gasteiger charge is -2.05. The predicted octanol–water partition coefficient (Wildman–Crippen LogP) is 2.22. The third-order valence-corrected chi connectivity index (χ3v) is 3.06. The van der Waals surface area contributed by atoms with Crippen LogP contribution in [0.5, 0.6) is 0 Å². The Hall–Kier alpha value is -0.303. The summed E-state index contributed by atoms with van der Waals surface area (Å²) >= 11 is 0. The Morgan fingerprint density at radius 2 is 1.78 bits per heavy atom. The Labute approximate surface area is 58.9 Å². The summed E-state index contributed by atoms with van der Waals surface area (Å²) in [6.07, 6.45) is 8.91. The van der Waals surface area contributed by atoms with Crippen LogP contribution in [0.4, 0.5) is 0 Å². The Balaban J connectivity index is 2.29. The van der Waals surface area contributed by atoms with E-state index in [9.17, 15) is 0 Å². The van der Waals surface area contributed by atoms with Crippen molar-refractivity contribution in [3.8, 4) is 0 Å². The molecule has 1 rings (SSSR count). The second-order valence-corrected chi connectivity index (χ2v) is 6.32. The van der Waals surface area contributed by atoms with Crippen molar-refractivity contribution in [1.82, 2.24) is 0 Å². The van der Waals surface area contributed by atoms with Crippen LogP contribution in [0.25, 0.3) is 0 Å². The number of rotatable bonds is 2. The van der Waals surface area contributed by atoms with Gasteiger partial charge in [-0.2, -0.15) is 0 Å². The largest absolute Gasteiger partial charge is 0.0779 e. The standard InChI is InChI=1S/C8H14Si/c1-9(2)7-8-5-3-4-6-8/h3-6,8-9H,7H2,1-2H3. The molecular weight excluding hydrogens is 124 g/mol. The molecule has 1 heteroatoms. The van der Waals surface area contributed by atoms with E-state index in [-0.39, 0.29) is 8.80 Å². The fourth-order valence-electron chi connectivity index (χ4n) is 1.18. The summed E-state index contributed by atoms with van der Waals surface area (Å²) in [5.41, 5.74) is 0. The Morgan fingerprint density at radius 3 is 2.22 bits per heavy atom. The molecule has 0 aromatic heterocycles. The molecule has 1 aliphatic carbocycles. The zero-order chi connectivity index (χ0) is 6.69. The van der Waals surface area contributed by atoms with Crippen molar-refractivity contribution >= 4 is 8.80 Å². The first-order chi connectivity index (χ1) is 4.29. The third kappa shape index (κ3) is 2.18. The molecular formula is C8H14Si. The summed E-state index contributed by atoms with van der Waals surface area (Å²) in [4.78, 5) is 0. The van der Waals surface area contributed by atoms with Crippen LogP contribution in [-0.2, 0) is 0 Å². The zero-order valence-corrected chi connectivity index (χ0v) is 7.33. The molecule has 0 heterocycles. The third-order valence-electron chi connectivity index (χ3n) is 1.57. The van der Waals surface area contributed by atoms with E-state index in [2.05, 4.69) is 37.4 Å². The fourth-order valence-corrected chi connectivity index (χ4v) is 2.58. The van der Waals surface area contributed by atoms with Gasteiger partial charge in [0.25, 0.3) is 0 Å². The van der Waals surface area contributed by atoms with Crippen molar-refractivity contribution in [3.05, 3.63) is 24.3 Å². The molecule has 0 radical (unpaired) electrons. The van der Waals surface area contributed by atoms with Crippen LogP contribution >= 0.6 is 0 Å². The fraction of sp³-hybridized carbons (Fsp3) is 0.500. The second-order valence-electron chi connectivity index (χ2n) is 3.06. The minimum absolute atomic E-state index is 0.326. The van der Waals surface area contributed by atoms with Gasteiger partial charge in [-0.1, -0.05) is 43.4 Å². The van der Waals surface area contributed by atoms with Crippen LogP contribution < -0.4 is 0 Å². The molecule has 0 nitrogen and oxygen atoms in total. The van der Waals surface area contributed by atoms with Gasteiger partial charge in [0.2, 0.25) is 0 Å². The lowest BCUT2D eigenvalue weighted by molar-refractivity contribution is 0.939. The highest BCUT2D eigenvalue weighted by Crippen LogP contribution is 2.15. The maximum atomic E-state index is 2.40. The van der Waals surface area contributed by atoms with Crippen molar-refractivity contribution in [2.45, 2.75) is 19.1 Å². The molecule has 0 amide bonds. The highest BCUT2D eigenvalue weighted by Gasteiger charge is 2.05. The van der Waals surface area contributed by atoms with Gasteiger partial charge in [-0.25, -0.2) is 0 Å². The monoisotopic (exact) mass is 138 g/mol. The molecule has 0 N–H and O–H groups in total. The van der Waals surface area contributed by atoms with Gasteiger partial charge in [-0.3, -0.25) is 0 Å². The van der Waals surface area contributed by atoms with Gasteiger partial charge < -0.3 is 0 Å². The number of hydrogen-bond donors (Lipinski definition) is 0. The number of hydrogen-bond acceptors (Lipinski definition) is 0. The Kier molecular flexibility index (Phi) is 2.28. The highest BCUT2D eigenvalue weighted by atomic mass is 28.3. The van der Waals surface area contributed by atoms with Gasteiger partial charge in [-0.15, -0.1) is 0 Å². The van der Waals surface area contributed by atoms with Crippen molar-refractivity contribution < 1.29 is 0 Å². The maximum absolute atomic E-state index is 2.40. The van der Waals surface area contributed by atoms with E-state index in [4.69, 9.17) is 0 Å². The molecule has 1 aliphatic rings. The van der Waals surface area contributed by atoms with Crippen LogP contribution in [0.1, 0.15) is 0 Å². The zero-order valence-electron chi connectivity index (χ0n) is 6.17. The van der Waals surface area contributed by atoms with E-state index in [0.717, 1.165) is 5.92 Å². The Bertz CT molecular complexity index is 122. The second kappa shape index (κ2) is 3.02. The van der Waals surface area contributed by atoms with Crippen molar-refractivity contribution in [3.63, 3.8) is 0 Å². The van der Waals surface area contributed by atoms with E-state index in [1.807, 2.05) is 0 Å². The van der Waals surface area contributed by atoms with E-state index in [0.29, 0.717) is 0 Å². The van der Waals surface area contributed by atoms with Crippen LogP contribution in [0.2, 0.25) is 19.1 Å². The smallest absolute Gasteiger partial charge is 0.0314 e. The van der Waals surface area contributed by atoms with Crippen LogP contribution in [0.15, 0.2) is 24.3 Å². The van der Waals surface area contributed by atoms with Gasteiger partial charge in [0.15, 0.2) is 0 Å². The van der Waals surface area contributed by atoms with E-state index < -0.39 is 0 Å². The minimum Gasteiger partial charge on any atom is -0.0779 e. The molecule has 0 bridgehead atoms. The average molecular weight is 138 g/mol. The summed E-state index contributed by atoms with van der Waals surface area (Å²) in [5, 5.41) is 0. The lowest BCUT2D eigenvalue weighted by atomic mass is 10.2. The normalized spacial score (nSPS) is 18.1. The van der Waals surface area contributed by atoms with Gasteiger partial charge in [0.1, 0.15) is 0 Å². The SMILES string of the molecule is C[SiH](C)CC1C=CC=C1. The molecule has 0 spiro atoms. The molecule has 9 heavy (non-hydrogen) atoms. The van der Waals surface area contributed by atoms with Crippen molar-refractivity contribution in [2.75, 3.05) is 0 Å². The van der Waals surface area contributed by atoms with Crippen LogP contribution in [-0.4, -0.2) is 8.80 Å². The molecule has 0 atom stereocenters. The van der Waals surface area contributed by atoms with Gasteiger partial charge in [0, 0.05) is 8.80 Å². The minimum atomic E-state index is -0.326. The summed E-state index contributed by atoms with van der Waals surface area (Å²) in [6, 6.07) is 1.44. The summed E-state index contributed by atoms with van der Waals surface area (Å²) in [7, 11) is -0.326.